The van der Waals surface area contributed by atoms with Crippen LogP contribution in [0, 0.1) is 0 Å². The Labute approximate surface area is 193 Å². The first-order valence-electron chi connectivity index (χ1n) is 10.3. The number of alkyl halides is 3. The van der Waals surface area contributed by atoms with Gasteiger partial charge in [-0.25, -0.2) is 0 Å². The molecule has 3 N–H and O–H groups in total. The van der Waals surface area contributed by atoms with Crippen molar-refractivity contribution in [1.82, 2.24) is 10.6 Å². The summed E-state index contributed by atoms with van der Waals surface area (Å²) >= 11 is 5.91. The van der Waals surface area contributed by atoms with Gasteiger partial charge in [-0.2, -0.15) is 0 Å². The van der Waals surface area contributed by atoms with Crippen LogP contribution in [-0.4, -0.2) is 54.7 Å². The molecule has 3 rings (SSSR count). The molecule has 2 atom stereocenters. The van der Waals surface area contributed by atoms with Crippen molar-refractivity contribution in [2.24, 2.45) is 0 Å². The molecule has 0 radical (unpaired) electrons. The van der Waals surface area contributed by atoms with Crippen molar-refractivity contribution in [3.63, 3.8) is 0 Å². The van der Waals surface area contributed by atoms with Crippen molar-refractivity contribution >= 4 is 23.4 Å². The number of nitrogens with one attached hydrogen (secondary N) is 2. The topological polar surface area (TPSA) is 106 Å². The number of hydrogen-bond acceptors (Lipinski definition) is 6. The van der Waals surface area contributed by atoms with Gasteiger partial charge in [-0.1, -0.05) is 18.2 Å². The van der Waals surface area contributed by atoms with Crippen LogP contribution in [0.3, 0.4) is 0 Å². The molecular formula is C21H24ClF3N2O6. The lowest BCUT2D eigenvalue weighted by molar-refractivity contribution is -0.357. The van der Waals surface area contributed by atoms with Gasteiger partial charge in [0.1, 0.15) is 12.4 Å². The maximum Gasteiger partial charge on any atom is 0.522 e. The van der Waals surface area contributed by atoms with Crippen LogP contribution in [0.15, 0.2) is 30.5 Å². The standard InChI is InChI=1S/C21H24ClF3N2O6/c1-11(4-5-26-19(29)10-31-13-7-14(8-13)33-21(23,24)25)27-20(30)18-9-16(28)15-6-12(22)2-3-17(15)32-18/h2-3,6,13-14,16,18,28H,1,4-5,7-10H2,(H,26,29)(H,27,30)/t13?,14?,16-,18+/m0/s1. The summed E-state index contributed by atoms with van der Waals surface area (Å²) in [5, 5.41) is 15.9. The zero-order chi connectivity index (χ0) is 24.2. The maximum atomic E-state index is 12.4. The van der Waals surface area contributed by atoms with Crippen LogP contribution < -0.4 is 15.4 Å². The molecule has 1 fully saturated rings. The summed E-state index contributed by atoms with van der Waals surface area (Å²) in [5.41, 5.74) is 0.855. The molecule has 2 amide bonds. The van der Waals surface area contributed by atoms with Crippen LogP contribution in [-0.2, 0) is 19.1 Å². The Balaban J connectivity index is 1.30. The van der Waals surface area contributed by atoms with Crippen LogP contribution in [0.2, 0.25) is 5.02 Å². The van der Waals surface area contributed by atoms with Crippen LogP contribution in [0.5, 0.6) is 5.75 Å². The Morgan fingerprint density at radius 3 is 2.67 bits per heavy atom. The largest absolute Gasteiger partial charge is 0.522 e. The highest BCUT2D eigenvalue weighted by Gasteiger charge is 2.40. The average Bonchev–Trinajstić information content (AvgIpc) is 2.69. The minimum atomic E-state index is -4.67. The van der Waals surface area contributed by atoms with E-state index in [2.05, 4.69) is 21.9 Å². The van der Waals surface area contributed by atoms with Crippen molar-refractivity contribution in [3.05, 3.63) is 41.1 Å². The van der Waals surface area contributed by atoms with Gasteiger partial charge in [-0.3, -0.25) is 14.3 Å². The minimum Gasteiger partial charge on any atom is -0.480 e. The van der Waals surface area contributed by atoms with Crippen LogP contribution >= 0.6 is 11.6 Å². The Kier molecular flexibility index (Phi) is 8.22. The number of aliphatic hydroxyl groups is 1. The molecule has 2 aliphatic rings. The van der Waals surface area contributed by atoms with Crippen LogP contribution in [0.1, 0.15) is 37.4 Å². The number of carbonyl (C=O) groups excluding carboxylic acids is 2. The quantitative estimate of drug-likeness (QED) is 0.489. The zero-order valence-electron chi connectivity index (χ0n) is 17.5. The van der Waals surface area contributed by atoms with Crippen molar-refractivity contribution in [2.45, 2.75) is 56.5 Å². The van der Waals surface area contributed by atoms with E-state index in [4.69, 9.17) is 21.1 Å². The monoisotopic (exact) mass is 492 g/mol. The van der Waals surface area contributed by atoms with Crippen molar-refractivity contribution in [2.75, 3.05) is 13.2 Å². The predicted octanol–water partition coefficient (Wildman–Crippen LogP) is 2.74. The number of amides is 2. The van der Waals surface area contributed by atoms with Crippen LogP contribution in [0.4, 0.5) is 13.2 Å². The van der Waals surface area contributed by atoms with Gasteiger partial charge >= 0.3 is 6.36 Å². The fraction of sp³-hybridized carbons (Fsp3) is 0.524. The van der Waals surface area contributed by atoms with Crippen molar-refractivity contribution in [1.29, 1.82) is 0 Å². The van der Waals surface area contributed by atoms with Crippen molar-refractivity contribution < 1.29 is 42.1 Å². The average molecular weight is 493 g/mol. The summed E-state index contributed by atoms with van der Waals surface area (Å²) in [5.74, 6) is -0.544. The van der Waals surface area contributed by atoms with E-state index in [9.17, 15) is 27.9 Å². The molecule has 1 aromatic rings. The third-order valence-corrected chi connectivity index (χ3v) is 5.42. The molecule has 0 aromatic heterocycles. The van der Waals surface area contributed by atoms with Gasteiger partial charge in [-0.15, -0.1) is 13.2 Å². The second kappa shape index (κ2) is 10.7. The molecule has 0 saturated heterocycles. The van der Waals surface area contributed by atoms with E-state index in [1.807, 2.05) is 0 Å². The third-order valence-electron chi connectivity index (χ3n) is 5.18. The van der Waals surface area contributed by atoms with E-state index in [1.54, 1.807) is 18.2 Å². The van der Waals surface area contributed by atoms with Gasteiger partial charge < -0.3 is 25.2 Å². The van der Waals surface area contributed by atoms with Crippen LogP contribution in [0.25, 0.3) is 0 Å². The number of ether oxygens (including phenoxy) is 3. The molecule has 0 unspecified atom stereocenters. The van der Waals surface area contributed by atoms with Gasteiger partial charge in [0.2, 0.25) is 5.91 Å². The highest BCUT2D eigenvalue weighted by Crippen LogP contribution is 2.36. The zero-order valence-corrected chi connectivity index (χ0v) is 18.2. The number of halogens is 4. The molecule has 1 aromatic carbocycles. The maximum absolute atomic E-state index is 12.4. The second-order valence-electron chi connectivity index (χ2n) is 7.82. The number of rotatable bonds is 9. The molecular weight excluding hydrogens is 469 g/mol. The van der Waals surface area contributed by atoms with Gasteiger partial charge in [-0.05, 0) is 18.2 Å². The fourth-order valence-corrected chi connectivity index (χ4v) is 3.61. The summed E-state index contributed by atoms with van der Waals surface area (Å²) in [6.07, 6.45) is -7.44. The summed E-state index contributed by atoms with van der Waals surface area (Å²) < 4.78 is 50.9. The van der Waals surface area contributed by atoms with E-state index in [-0.39, 0.29) is 38.8 Å². The normalized spacial score (nSPS) is 24.2. The SMILES string of the molecule is C=C(CCNC(=O)COC1CC(OC(F)(F)F)C1)NC(=O)[C@H]1C[C@H](O)c2cc(Cl)ccc2O1. The van der Waals surface area contributed by atoms with E-state index in [0.717, 1.165) is 0 Å². The predicted molar refractivity (Wildman–Crippen MR) is 110 cm³/mol. The molecule has 33 heavy (non-hydrogen) atoms. The van der Waals surface area contributed by atoms with E-state index < -0.39 is 42.6 Å². The lowest BCUT2D eigenvalue weighted by Gasteiger charge is -2.34. The molecule has 8 nitrogen and oxygen atoms in total. The highest BCUT2D eigenvalue weighted by atomic mass is 35.5. The molecule has 1 saturated carbocycles. The lowest BCUT2D eigenvalue weighted by Crippen LogP contribution is -2.42. The molecule has 1 aliphatic heterocycles. The number of hydrogen-bond donors (Lipinski definition) is 3. The van der Waals surface area contributed by atoms with Crippen molar-refractivity contribution in [3.8, 4) is 5.75 Å². The summed E-state index contributed by atoms with van der Waals surface area (Å²) in [7, 11) is 0. The van der Waals surface area contributed by atoms with Gasteiger partial charge in [0.15, 0.2) is 6.10 Å². The molecule has 12 heteroatoms. The Hall–Kier alpha value is -2.34. The smallest absolute Gasteiger partial charge is 0.480 e. The van der Waals surface area contributed by atoms with E-state index in [0.29, 0.717) is 22.0 Å². The number of fused-ring (bicyclic) bond motifs is 1. The molecule has 0 bridgehead atoms. The van der Waals surface area contributed by atoms with Gasteiger partial charge in [0, 0.05) is 48.5 Å². The Morgan fingerprint density at radius 1 is 1.24 bits per heavy atom. The van der Waals surface area contributed by atoms with Gasteiger partial charge in [0.25, 0.3) is 5.91 Å². The number of carbonyl (C=O) groups is 2. The second-order valence-corrected chi connectivity index (χ2v) is 8.26. The Bertz CT molecular complexity index is 891. The highest BCUT2D eigenvalue weighted by molar-refractivity contribution is 6.30. The Morgan fingerprint density at radius 2 is 1.97 bits per heavy atom. The van der Waals surface area contributed by atoms with E-state index >= 15 is 0 Å². The first-order valence-corrected chi connectivity index (χ1v) is 10.6. The molecule has 182 valence electrons. The summed E-state index contributed by atoms with van der Waals surface area (Å²) in [6, 6.07) is 4.76. The first-order chi connectivity index (χ1) is 15.5. The third kappa shape index (κ3) is 7.60. The van der Waals surface area contributed by atoms with E-state index in [1.165, 1.54) is 0 Å². The lowest BCUT2D eigenvalue weighted by atomic mass is 9.92. The number of benzene rings is 1. The first kappa shape index (κ1) is 25.3. The summed E-state index contributed by atoms with van der Waals surface area (Å²) in [4.78, 5) is 24.2. The molecule has 1 heterocycles. The minimum absolute atomic E-state index is 0.0521. The molecule has 0 spiro atoms. The molecule has 1 aliphatic carbocycles. The fourth-order valence-electron chi connectivity index (χ4n) is 3.43. The van der Waals surface area contributed by atoms with Gasteiger partial charge in [0.05, 0.1) is 18.3 Å². The number of aliphatic hydroxyl groups excluding tert-OH is 1. The summed E-state index contributed by atoms with van der Waals surface area (Å²) in [6.45, 7) is 3.62.